The number of alkyl halides is 4. The van der Waals surface area contributed by atoms with Crippen LogP contribution < -0.4 is 14.8 Å². The van der Waals surface area contributed by atoms with E-state index in [1.54, 1.807) is 60.7 Å². The Morgan fingerprint density at radius 3 is 1.80 bits per heavy atom. The fraction of sp³-hybridized carbons (Fsp3) is 0.290. The number of hydrogen-bond donors (Lipinski definition) is 1. The van der Waals surface area contributed by atoms with Crippen molar-refractivity contribution in [1.82, 2.24) is 5.32 Å². The molecule has 5 atom stereocenters. The molecule has 4 rings (SSSR count). The van der Waals surface area contributed by atoms with E-state index in [0.29, 0.717) is 5.75 Å². The van der Waals surface area contributed by atoms with Gasteiger partial charge in [0.05, 0.1) is 18.2 Å². The zero-order valence-corrected chi connectivity index (χ0v) is 27.0. The number of carbonyl (C=O) groups is 4. The number of ether oxygens (including phenoxy) is 6. The van der Waals surface area contributed by atoms with Crippen LogP contribution in [0.25, 0.3) is 0 Å². The second-order valence-electron chi connectivity index (χ2n) is 9.62. The van der Waals surface area contributed by atoms with Crippen LogP contribution in [0.5, 0.6) is 11.5 Å². The zero-order chi connectivity index (χ0) is 33.3. The molecule has 15 heteroatoms. The van der Waals surface area contributed by atoms with Crippen LogP contribution in [0.2, 0.25) is 0 Å². The molecular weight excluding hydrogens is 688 g/mol. The molecule has 1 aliphatic rings. The third-order valence-electron chi connectivity index (χ3n) is 6.54. The van der Waals surface area contributed by atoms with E-state index in [4.69, 9.17) is 74.8 Å². The molecule has 46 heavy (non-hydrogen) atoms. The molecule has 1 N–H and O–H groups in total. The predicted molar refractivity (Wildman–Crippen MR) is 167 cm³/mol. The molecule has 0 saturated carbocycles. The van der Waals surface area contributed by atoms with Crippen LogP contribution in [0.1, 0.15) is 20.7 Å². The molecule has 0 radical (unpaired) electrons. The van der Waals surface area contributed by atoms with Crippen molar-refractivity contribution in [1.29, 1.82) is 0 Å². The van der Waals surface area contributed by atoms with Gasteiger partial charge in [0.2, 0.25) is 6.29 Å². The first kappa shape index (κ1) is 35.1. The number of esters is 3. The van der Waals surface area contributed by atoms with Crippen LogP contribution in [0.15, 0.2) is 84.9 Å². The van der Waals surface area contributed by atoms with Crippen molar-refractivity contribution in [3.8, 4) is 11.5 Å². The van der Waals surface area contributed by atoms with Crippen LogP contribution in [-0.2, 0) is 28.5 Å². The number of nitrogens with one attached hydrogen (secondary N) is 1. The Labute approximate surface area is 283 Å². The van der Waals surface area contributed by atoms with Crippen molar-refractivity contribution in [3.63, 3.8) is 0 Å². The van der Waals surface area contributed by atoms with Crippen molar-refractivity contribution in [2.45, 2.75) is 34.4 Å². The van der Waals surface area contributed by atoms with Crippen LogP contribution in [0, 0.1) is 0 Å². The van der Waals surface area contributed by atoms with E-state index in [9.17, 15) is 19.2 Å². The molecule has 244 valence electrons. The molecule has 3 aromatic carbocycles. The Hall–Kier alpha value is -3.74. The normalized spacial score (nSPS) is 20.9. The van der Waals surface area contributed by atoms with E-state index < -0.39 is 70.7 Å². The number of halogens is 4. The SMILES string of the molecule is COc1ccc(O[C@@H]2O[C@H](COC(=O)CCl)[C@H](OC(=O)c3ccccc3)[C@H](OC(=O)c3ccccc3)[C@H]2NC(=O)C(Cl)(Cl)Cl)cc1. The minimum atomic E-state index is -2.47. The van der Waals surface area contributed by atoms with Crippen molar-refractivity contribution < 1.29 is 47.6 Å². The Balaban J connectivity index is 1.80. The van der Waals surface area contributed by atoms with E-state index >= 15 is 0 Å². The number of rotatable bonds is 11. The molecule has 1 aliphatic heterocycles. The van der Waals surface area contributed by atoms with Gasteiger partial charge in [-0.3, -0.25) is 9.59 Å². The van der Waals surface area contributed by atoms with Crippen LogP contribution >= 0.6 is 46.4 Å². The van der Waals surface area contributed by atoms with Crippen molar-refractivity contribution in [3.05, 3.63) is 96.1 Å². The average molecular weight is 715 g/mol. The Bertz CT molecular complexity index is 1490. The molecule has 0 aromatic heterocycles. The van der Waals surface area contributed by atoms with Gasteiger partial charge >= 0.3 is 17.9 Å². The highest BCUT2D eigenvalue weighted by Gasteiger charge is 2.53. The van der Waals surface area contributed by atoms with Gasteiger partial charge in [-0.25, -0.2) is 9.59 Å². The van der Waals surface area contributed by atoms with E-state index in [1.165, 1.54) is 31.4 Å². The van der Waals surface area contributed by atoms with Crippen LogP contribution in [0.3, 0.4) is 0 Å². The quantitative estimate of drug-likeness (QED) is 0.166. The molecule has 1 saturated heterocycles. The van der Waals surface area contributed by atoms with Gasteiger partial charge in [0.15, 0.2) is 12.2 Å². The topological polar surface area (TPSA) is 136 Å². The number of methoxy groups -OCH3 is 1. The smallest absolute Gasteiger partial charge is 0.338 e. The first-order valence-electron chi connectivity index (χ1n) is 13.6. The summed E-state index contributed by atoms with van der Waals surface area (Å²) in [5, 5.41) is 2.49. The monoisotopic (exact) mass is 713 g/mol. The summed E-state index contributed by atoms with van der Waals surface area (Å²) in [6.45, 7) is -0.523. The fourth-order valence-electron chi connectivity index (χ4n) is 4.34. The summed E-state index contributed by atoms with van der Waals surface area (Å²) in [4.78, 5) is 51.9. The van der Waals surface area contributed by atoms with Gasteiger partial charge in [-0.1, -0.05) is 71.2 Å². The Morgan fingerprint density at radius 2 is 1.30 bits per heavy atom. The minimum Gasteiger partial charge on any atom is -0.497 e. The Morgan fingerprint density at radius 1 is 0.783 bits per heavy atom. The fourth-order valence-corrected chi connectivity index (χ4v) is 4.58. The van der Waals surface area contributed by atoms with Crippen LogP contribution in [0.4, 0.5) is 0 Å². The van der Waals surface area contributed by atoms with Gasteiger partial charge in [-0.2, -0.15) is 0 Å². The van der Waals surface area contributed by atoms with Crippen molar-refractivity contribution >= 4 is 70.2 Å². The summed E-state index contributed by atoms with van der Waals surface area (Å²) in [7, 11) is 1.48. The first-order valence-corrected chi connectivity index (χ1v) is 15.2. The van der Waals surface area contributed by atoms with E-state index in [-0.39, 0.29) is 16.9 Å². The van der Waals surface area contributed by atoms with E-state index in [2.05, 4.69) is 5.32 Å². The average Bonchev–Trinajstić information content (AvgIpc) is 3.06. The van der Waals surface area contributed by atoms with Crippen molar-refractivity contribution in [2.24, 2.45) is 0 Å². The number of carbonyl (C=O) groups excluding carboxylic acids is 4. The molecular formula is C31H27Cl4NO10. The second kappa shape index (κ2) is 16.2. The van der Waals surface area contributed by atoms with Gasteiger partial charge in [0.1, 0.15) is 36.1 Å². The van der Waals surface area contributed by atoms with Gasteiger partial charge < -0.3 is 33.7 Å². The lowest BCUT2D eigenvalue weighted by molar-refractivity contribution is -0.246. The van der Waals surface area contributed by atoms with Gasteiger partial charge in [0, 0.05) is 0 Å². The predicted octanol–water partition coefficient (Wildman–Crippen LogP) is 4.89. The highest BCUT2D eigenvalue weighted by Crippen LogP contribution is 2.33. The number of benzene rings is 3. The molecule has 1 amide bonds. The van der Waals surface area contributed by atoms with Gasteiger partial charge in [-0.15, -0.1) is 11.6 Å². The summed E-state index contributed by atoms with van der Waals surface area (Å²) >= 11 is 23.3. The molecule has 0 aliphatic carbocycles. The highest BCUT2D eigenvalue weighted by atomic mass is 35.6. The summed E-state index contributed by atoms with van der Waals surface area (Å²) in [6, 6.07) is 20.7. The third kappa shape index (κ3) is 9.40. The minimum absolute atomic E-state index is 0.131. The zero-order valence-electron chi connectivity index (χ0n) is 24.0. The maximum atomic E-state index is 13.4. The summed E-state index contributed by atoms with van der Waals surface area (Å²) < 4.78 is 31.9. The lowest BCUT2D eigenvalue weighted by atomic mass is 9.95. The van der Waals surface area contributed by atoms with Gasteiger partial charge in [0.25, 0.3) is 9.70 Å². The molecule has 11 nitrogen and oxygen atoms in total. The maximum Gasteiger partial charge on any atom is 0.338 e. The van der Waals surface area contributed by atoms with E-state index in [1.807, 2.05) is 0 Å². The molecule has 1 fully saturated rings. The standard InChI is InChI=1S/C31H27Cl4NO10/c1-41-20-12-14-21(15-13-20)43-29-24(36-30(40)31(33,34)35)26(46-28(39)19-10-6-3-7-11-19)25(22(44-29)17-42-23(37)16-32)45-27(38)18-8-4-2-5-9-18/h2-15,22,24-26,29H,16-17H2,1H3,(H,36,40)/t22-,24-,25+,26-,29-/m1/s1. The van der Waals surface area contributed by atoms with E-state index in [0.717, 1.165) is 0 Å². The second-order valence-corrected chi connectivity index (χ2v) is 12.2. The molecule has 3 aromatic rings. The number of hydrogen-bond acceptors (Lipinski definition) is 10. The highest BCUT2D eigenvalue weighted by molar-refractivity contribution is 6.76. The summed E-state index contributed by atoms with van der Waals surface area (Å²) in [5.41, 5.74) is 0.275. The third-order valence-corrected chi connectivity index (χ3v) is 7.27. The molecule has 1 heterocycles. The molecule has 0 bridgehead atoms. The largest absolute Gasteiger partial charge is 0.497 e. The van der Waals surface area contributed by atoms with Gasteiger partial charge in [-0.05, 0) is 48.5 Å². The first-order chi connectivity index (χ1) is 22.0. The van der Waals surface area contributed by atoms with Crippen LogP contribution in [-0.4, -0.2) is 77.8 Å². The molecule has 0 unspecified atom stereocenters. The van der Waals surface area contributed by atoms with Crippen molar-refractivity contribution in [2.75, 3.05) is 19.6 Å². The summed E-state index contributed by atoms with van der Waals surface area (Å²) in [5.74, 6) is -3.38. The molecule has 0 spiro atoms. The number of amides is 1. The Kier molecular flexibility index (Phi) is 12.4. The maximum absolute atomic E-state index is 13.4. The lowest BCUT2D eigenvalue weighted by Crippen LogP contribution is -2.68. The lowest BCUT2D eigenvalue weighted by Gasteiger charge is -2.45. The summed E-state index contributed by atoms with van der Waals surface area (Å²) in [6.07, 6.45) is -5.89.